The summed E-state index contributed by atoms with van der Waals surface area (Å²) in [5.41, 5.74) is 0. The van der Waals surface area contributed by atoms with Crippen LogP contribution in [0.15, 0.2) is 0 Å². The minimum absolute atomic E-state index is 0.0108. The van der Waals surface area contributed by atoms with E-state index in [2.05, 4.69) is 6.92 Å². The third kappa shape index (κ3) is 4.60. The molecule has 0 N–H and O–H groups in total. The molecule has 18 heavy (non-hydrogen) atoms. The van der Waals surface area contributed by atoms with Gasteiger partial charge in [0.05, 0.1) is 25.4 Å². The number of hydrogen-bond acceptors (Lipinski definition) is 5. The Bertz CT molecular complexity index is 247. The van der Waals surface area contributed by atoms with Gasteiger partial charge in [0.25, 0.3) is 0 Å². The summed E-state index contributed by atoms with van der Waals surface area (Å²) in [6.07, 6.45) is 2.52. The van der Waals surface area contributed by atoms with Gasteiger partial charge in [-0.25, -0.2) is 0 Å². The van der Waals surface area contributed by atoms with Crippen molar-refractivity contribution in [2.24, 2.45) is 0 Å². The van der Waals surface area contributed by atoms with Crippen LogP contribution in [0.5, 0.6) is 0 Å². The SMILES string of the molecule is CCO[Si]1OC(C)CCC(OCC2CO2)C(C)O1. The van der Waals surface area contributed by atoms with Crippen LogP contribution < -0.4 is 0 Å². The molecule has 2 heterocycles. The lowest BCUT2D eigenvalue weighted by Crippen LogP contribution is -2.42. The summed E-state index contributed by atoms with van der Waals surface area (Å²) < 4.78 is 28.2. The van der Waals surface area contributed by atoms with E-state index in [0.717, 1.165) is 19.4 Å². The van der Waals surface area contributed by atoms with Crippen molar-refractivity contribution >= 4 is 9.53 Å². The molecular formula is C12H23O5Si. The molecular weight excluding hydrogens is 252 g/mol. The zero-order valence-electron chi connectivity index (χ0n) is 11.4. The van der Waals surface area contributed by atoms with Crippen LogP contribution in [0.1, 0.15) is 33.6 Å². The first-order chi connectivity index (χ1) is 8.69. The molecule has 4 unspecified atom stereocenters. The predicted octanol–water partition coefficient (Wildman–Crippen LogP) is 1.40. The summed E-state index contributed by atoms with van der Waals surface area (Å²) in [7, 11) is -1.62. The Kier molecular flexibility index (Phi) is 5.59. The molecule has 2 rings (SSSR count). The van der Waals surface area contributed by atoms with Crippen LogP contribution in [-0.4, -0.2) is 53.8 Å². The molecule has 0 aliphatic carbocycles. The van der Waals surface area contributed by atoms with Crippen LogP contribution in [-0.2, 0) is 22.8 Å². The third-order valence-corrected chi connectivity index (χ3v) is 4.80. The average molecular weight is 275 g/mol. The van der Waals surface area contributed by atoms with E-state index in [0.29, 0.717) is 19.3 Å². The van der Waals surface area contributed by atoms with Gasteiger partial charge in [0.1, 0.15) is 6.10 Å². The highest BCUT2D eigenvalue weighted by atomic mass is 28.3. The quantitative estimate of drug-likeness (QED) is 0.560. The van der Waals surface area contributed by atoms with Gasteiger partial charge in [-0.3, -0.25) is 0 Å². The minimum Gasteiger partial charge on any atom is -0.373 e. The van der Waals surface area contributed by atoms with Gasteiger partial charge in [0, 0.05) is 12.7 Å². The normalized spacial score (nSPS) is 38.2. The van der Waals surface area contributed by atoms with Crippen LogP contribution in [0.25, 0.3) is 0 Å². The lowest BCUT2D eigenvalue weighted by molar-refractivity contribution is -0.0730. The Morgan fingerprint density at radius 1 is 1.22 bits per heavy atom. The standard InChI is InChI=1S/C12H23O5Si/c1-4-15-18-16-9(2)5-6-12(10(3)17-18)14-8-11-7-13-11/h9-12H,4-8H2,1-3H3. The molecule has 2 aliphatic heterocycles. The van der Waals surface area contributed by atoms with E-state index in [1.54, 1.807) is 0 Å². The van der Waals surface area contributed by atoms with Gasteiger partial charge in [-0.1, -0.05) is 0 Å². The molecule has 0 bridgehead atoms. The summed E-state index contributed by atoms with van der Waals surface area (Å²) in [5.74, 6) is 0. The van der Waals surface area contributed by atoms with Gasteiger partial charge in [-0.15, -0.1) is 0 Å². The van der Waals surface area contributed by atoms with Crippen LogP contribution in [0, 0.1) is 0 Å². The molecule has 0 aromatic rings. The molecule has 2 fully saturated rings. The Balaban J connectivity index is 1.84. The molecule has 1 radical (unpaired) electrons. The second-order valence-corrected chi connectivity index (χ2v) is 6.10. The molecule has 2 saturated heterocycles. The Morgan fingerprint density at radius 2 is 2.00 bits per heavy atom. The predicted molar refractivity (Wildman–Crippen MR) is 67.2 cm³/mol. The monoisotopic (exact) mass is 275 g/mol. The first kappa shape index (κ1) is 14.4. The van der Waals surface area contributed by atoms with Gasteiger partial charge in [-0.05, 0) is 33.6 Å². The van der Waals surface area contributed by atoms with Crippen molar-refractivity contribution in [2.75, 3.05) is 19.8 Å². The lowest BCUT2D eigenvalue weighted by atomic mass is 10.1. The molecule has 5 nitrogen and oxygen atoms in total. The van der Waals surface area contributed by atoms with Crippen molar-refractivity contribution in [3.63, 3.8) is 0 Å². The first-order valence-corrected chi connectivity index (χ1v) is 7.97. The molecule has 0 aromatic carbocycles. The van der Waals surface area contributed by atoms with Crippen molar-refractivity contribution in [1.82, 2.24) is 0 Å². The van der Waals surface area contributed by atoms with E-state index in [1.807, 2.05) is 13.8 Å². The Morgan fingerprint density at radius 3 is 2.67 bits per heavy atom. The molecule has 105 valence electrons. The minimum atomic E-state index is -1.62. The van der Waals surface area contributed by atoms with Crippen molar-refractivity contribution in [3.05, 3.63) is 0 Å². The average Bonchev–Trinajstić information content (AvgIpc) is 3.11. The second kappa shape index (κ2) is 6.98. The Labute approximate surface area is 111 Å². The van der Waals surface area contributed by atoms with Crippen LogP contribution in [0.2, 0.25) is 0 Å². The fourth-order valence-corrected chi connectivity index (χ4v) is 3.24. The van der Waals surface area contributed by atoms with Crippen LogP contribution >= 0.6 is 0 Å². The van der Waals surface area contributed by atoms with Gasteiger partial charge in [0.2, 0.25) is 0 Å². The first-order valence-electron chi connectivity index (χ1n) is 6.75. The highest BCUT2D eigenvalue weighted by Crippen LogP contribution is 2.21. The maximum atomic E-state index is 5.88. The largest absolute Gasteiger partial charge is 0.578 e. The van der Waals surface area contributed by atoms with Gasteiger partial charge in [-0.2, -0.15) is 0 Å². The molecule has 2 aliphatic rings. The smallest absolute Gasteiger partial charge is 0.373 e. The fourth-order valence-electron chi connectivity index (χ4n) is 1.91. The molecule has 0 aromatic heterocycles. The van der Waals surface area contributed by atoms with Gasteiger partial charge < -0.3 is 22.8 Å². The highest BCUT2D eigenvalue weighted by molar-refractivity contribution is 6.36. The van der Waals surface area contributed by atoms with E-state index in [4.69, 9.17) is 22.8 Å². The van der Waals surface area contributed by atoms with Crippen molar-refractivity contribution in [2.45, 2.75) is 58.0 Å². The van der Waals surface area contributed by atoms with Crippen molar-refractivity contribution in [3.8, 4) is 0 Å². The van der Waals surface area contributed by atoms with E-state index < -0.39 is 9.53 Å². The van der Waals surface area contributed by atoms with E-state index >= 15 is 0 Å². The van der Waals surface area contributed by atoms with Gasteiger partial charge >= 0.3 is 9.53 Å². The van der Waals surface area contributed by atoms with E-state index in [1.165, 1.54) is 0 Å². The molecule has 0 spiro atoms. The molecule has 6 heteroatoms. The highest BCUT2D eigenvalue weighted by Gasteiger charge is 2.33. The molecule has 4 atom stereocenters. The summed E-state index contributed by atoms with van der Waals surface area (Å²) >= 11 is 0. The number of hydrogen-bond donors (Lipinski definition) is 0. The topological polar surface area (TPSA) is 49.5 Å². The number of epoxide rings is 1. The Hall–Kier alpha value is 0.0169. The van der Waals surface area contributed by atoms with Crippen LogP contribution in [0.3, 0.4) is 0 Å². The summed E-state index contributed by atoms with van der Waals surface area (Å²) in [4.78, 5) is 0. The maximum absolute atomic E-state index is 5.88. The molecule has 0 amide bonds. The number of rotatable bonds is 5. The van der Waals surface area contributed by atoms with Gasteiger partial charge in [0.15, 0.2) is 0 Å². The fraction of sp³-hybridized carbons (Fsp3) is 1.00. The molecule has 0 saturated carbocycles. The van der Waals surface area contributed by atoms with Crippen molar-refractivity contribution in [1.29, 1.82) is 0 Å². The summed E-state index contributed by atoms with van der Waals surface area (Å²) in [6, 6.07) is 0. The lowest BCUT2D eigenvalue weighted by Gasteiger charge is -2.31. The zero-order chi connectivity index (χ0) is 13.0. The van der Waals surface area contributed by atoms with E-state index in [-0.39, 0.29) is 18.3 Å². The number of ether oxygens (including phenoxy) is 2. The zero-order valence-corrected chi connectivity index (χ0v) is 12.4. The third-order valence-electron chi connectivity index (χ3n) is 3.12. The van der Waals surface area contributed by atoms with Crippen LogP contribution in [0.4, 0.5) is 0 Å². The second-order valence-electron chi connectivity index (χ2n) is 4.84. The van der Waals surface area contributed by atoms with Crippen molar-refractivity contribution < 1.29 is 22.8 Å². The summed E-state index contributed by atoms with van der Waals surface area (Å²) in [5, 5.41) is 0. The van der Waals surface area contributed by atoms with E-state index in [9.17, 15) is 0 Å². The summed E-state index contributed by atoms with van der Waals surface area (Å²) in [6.45, 7) is 8.16. The maximum Gasteiger partial charge on any atom is 0.578 e.